The predicted octanol–water partition coefficient (Wildman–Crippen LogP) is 2.88. The number of ether oxygens (including phenoxy) is 2. The Kier molecular flexibility index (Phi) is 7.87. The maximum atomic E-state index is 14.9. The zero-order valence-corrected chi connectivity index (χ0v) is 21.0. The van der Waals surface area contributed by atoms with Crippen molar-refractivity contribution in [3.8, 4) is 5.75 Å². The molecule has 11 heteroatoms. The Morgan fingerprint density at radius 2 is 2.08 bits per heavy atom. The van der Waals surface area contributed by atoms with Crippen molar-refractivity contribution in [2.24, 2.45) is 0 Å². The topological polar surface area (TPSA) is 115 Å². The Labute approximate surface area is 219 Å². The average Bonchev–Trinajstić information content (AvgIpc) is 3.41. The summed E-state index contributed by atoms with van der Waals surface area (Å²) in [5, 5.41) is 16.5. The van der Waals surface area contributed by atoms with Gasteiger partial charge in [0.05, 0.1) is 38.0 Å². The number of aromatic nitrogens is 4. The summed E-state index contributed by atoms with van der Waals surface area (Å²) >= 11 is 0. The van der Waals surface area contributed by atoms with Crippen LogP contribution < -0.4 is 10.2 Å². The third kappa shape index (κ3) is 5.49. The molecule has 0 saturated carbocycles. The molecule has 10 nitrogen and oxygen atoms in total. The van der Waals surface area contributed by atoms with Crippen LogP contribution in [0.3, 0.4) is 0 Å². The molecule has 0 spiro atoms. The van der Waals surface area contributed by atoms with E-state index >= 15 is 0 Å². The van der Waals surface area contributed by atoms with Gasteiger partial charge in [0.1, 0.15) is 6.33 Å². The maximum Gasteiger partial charge on any atom is 0.265 e. The van der Waals surface area contributed by atoms with Gasteiger partial charge in [0.25, 0.3) is 5.91 Å². The molecule has 1 saturated heterocycles. The third-order valence-electron chi connectivity index (χ3n) is 6.65. The maximum absolute atomic E-state index is 14.9. The minimum absolute atomic E-state index is 0.0745. The molecule has 2 aromatic carbocycles. The van der Waals surface area contributed by atoms with E-state index in [2.05, 4.69) is 20.5 Å². The van der Waals surface area contributed by atoms with Crippen LogP contribution in [0.15, 0.2) is 61.3 Å². The second kappa shape index (κ2) is 11.6. The largest absolute Gasteiger partial charge is 0.494 e. The van der Waals surface area contributed by atoms with Gasteiger partial charge < -0.3 is 14.6 Å². The Morgan fingerprint density at radius 3 is 2.84 bits per heavy atom. The number of methoxy groups -OCH3 is 1. The molecule has 3 heterocycles. The summed E-state index contributed by atoms with van der Waals surface area (Å²) in [5.41, 5.74) is 5.55. The Balaban J connectivity index is 1.56. The summed E-state index contributed by atoms with van der Waals surface area (Å²) in [6, 6.07) is 9.35. The van der Waals surface area contributed by atoms with Gasteiger partial charge in [-0.15, -0.1) is 0 Å². The molecule has 0 radical (unpaired) electrons. The number of fused-ring (bicyclic) bond motifs is 1. The molecule has 198 valence electrons. The van der Waals surface area contributed by atoms with E-state index in [0.29, 0.717) is 49.2 Å². The Morgan fingerprint density at radius 1 is 1.24 bits per heavy atom. The standard InChI is InChI=1S/C27H29FN6O4/c1-37-25-5-4-18(12-23(25)28)26(21-15-31-33(16-21)8-9-35)34(22-6-10-38-11-7-22)32-27(36)19-2-3-20-14-29-17-30-24(20)13-19/h2-5,12-17,22,26,35H,6-11H2,1H3,(H,32,36). The van der Waals surface area contributed by atoms with Crippen molar-refractivity contribution in [3.63, 3.8) is 0 Å². The number of nitrogens with zero attached hydrogens (tertiary/aromatic N) is 5. The number of carbonyl (C=O) groups is 1. The van der Waals surface area contributed by atoms with Gasteiger partial charge >= 0.3 is 0 Å². The first-order valence-electron chi connectivity index (χ1n) is 12.4. The molecule has 4 aromatic rings. The molecule has 2 aromatic heterocycles. The van der Waals surface area contributed by atoms with E-state index in [0.717, 1.165) is 10.9 Å². The Bertz CT molecular complexity index is 1410. The van der Waals surface area contributed by atoms with Gasteiger partial charge in [-0.05, 0) is 42.7 Å². The van der Waals surface area contributed by atoms with Gasteiger partial charge in [-0.25, -0.2) is 19.4 Å². The van der Waals surface area contributed by atoms with E-state index in [1.54, 1.807) is 53.6 Å². The smallest absolute Gasteiger partial charge is 0.265 e. The molecule has 5 rings (SSSR count). The van der Waals surface area contributed by atoms with E-state index in [-0.39, 0.29) is 24.3 Å². The monoisotopic (exact) mass is 520 g/mol. The van der Waals surface area contributed by atoms with Gasteiger partial charge in [0, 0.05) is 48.2 Å². The zero-order valence-electron chi connectivity index (χ0n) is 21.0. The molecule has 1 aliphatic rings. The van der Waals surface area contributed by atoms with Crippen LogP contribution in [0.2, 0.25) is 0 Å². The predicted molar refractivity (Wildman–Crippen MR) is 137 cm³/mol. The van der Waals surface area contributed by atoms with Crippen LogP contribution in [0.25, 0.3) is 10.9 Å². The number of benzene rings is 2. The summed E-state index contributed by atoms with van der Waals surface area (Å²) in [7, 11) is 1.41. The van der Waals surface area contributed by atoms with E-state index < -0.39 is 11.9 Å². The van der Waals surface area contributed by atoms with E-state index in [1.165, 1.54) is 19.5 Å². The first kappa shape index (κ1) is 25.7. The van der Waals surface area contributed by atoms with Crippen LogP contribution in [0.5, 0.6) is 5.75 Å². The molecule has 1 fully saturated rings. The zero-order chi connectivity index (χ0) is 26.5. The Hall–Kier alpha value is -3.93. The van der Waals surface area contributed by atoms with Crippen molar-refractivity contribution in [1.82, 2.24) is 30.2 Å². The number of halogens is 1. The molecule has 0 aliphatic carbocycles. The van der Waals surface area contributed by atoms with Crippen molar-refractivity contribution >= 4 is 16.8 Å². The number of nitrogens with one attached hydrogen (secondary N) is 1. The van der Waals surface area contributed by atoms with E-state index in [9.17, 15) is 14.3 Å². The number of rotatable bonds is 9. The fourth-order valence-corrected chi connectivity index (χ4v) is 4.74. The highest BCUT2D eigenvalue weighted by atomic mass is 19.1. The van der Waals surface area contributed by atoms with Crippen molar-refractivity contribution < 1.29 is 23.8 Å². The lowest BCUT2D eigenvalue weighted by Crippen LogP contribution is -2.52. The molecule has 0 bridgehead atoms. The van der Waals surface area contributed by atoms with Crippen LogP contribution in [0.4, 0.5) is 4.39 Å². The lowest BCUT2D eigenvalue weighted by atomic mass is 9.97. The summed E-state index contributed by atoms with van der Waals surface area (Å²) in [4.78, 5) is 21.9. The lowest BCUT2D eigenvalue weighted by Gasteiger charge is -2.39. The number of carbonyl (C=O) groups excluding carboxylic acids is 1. The number of aliphatic hydroxyl groups is 1. The quantitative estimate of drug-likeness (QED) is 0.324. The van der Waals surface area contributed by atoms with Gasteiger partial charge in [0.15, 0.2) is 11.6 Å². The number of hydrogen-bond acceptors (Lipinski definition) is 8. The second-order valence-corrected chi connectivity index (χ2v) is 9.04. The molecule has 2 N–H and O–H groups in total. The number of amides is 1. The fraction of sp³-hybridized carbons (Fsp3) is 0.333. The van der Waals surface area contributed by atoms with Crippen LogP contribution in [0.1, 0.15) is 40.4 Å². The van der Waals surface area contributed by atoms with Crippen molar-refractivity contribution in [3.05, 3.63) is 83.8 Å². The first-order chi connectivity index (χ1) is 18.6. The minimum Gasteiger partial charge on any atom is -0.494 e. The molecular formula is C27H29FN6O4. The highest BCUT2D eigenvalue weighted by Gasteiger charge is 2.33. The van der Waals surface area contributed by atoms with Crippen molar-refractivity contribution in [1.29, 1.82) is 0 Å². The summed E-state index contributed by atoms with van der Waals surface area (Å²) < 4.78 is 27.3. The van der Waals surface area contributed by atoms with Gasteiger partial charge in [-0.1, -0.05) is 12.1 Å². The van der Waals surface area contributed by atoms with Crippen LogP contribution in [0, 0.1) is 5.82 Å². The molecule has 1 amide bonds. The van der Waals surface area contributed by atoms with Gasteiger partial charge in [0.2, 0.25) is 0 Å². The minimum atomic E-state index is -0.572. The lowest BCUT2D eigenvalue weighted by molar-refractivity contribution is -0.00135. The molecule has 1 atom stereocenters. The summed E-state index contributed by atoms with van der Waals surface area (Å²) in [6.07, 6.45) is 7.95. The summed E-state index contributed by atoms with van der Waals surface area (Å²) in [5.74, 6) is -0.702. The van der Waals surface area contributed by atoms with Crippen LogP contribution >= 0.6 is 0 Å². The van der Waals surface area contributed by atoms with Gasteiger partial charge in [-0.2, -0.15) is 5.10 Å². The van der Waals surface area contributed by atoms with Gasteiger partial charge in [-0.3, -0.25) is 14.9 Å². The molecule has 1 unspecified atom stereocenters. The molecule has 1 aliphatic heterocycles. The third-order valence-corrected chi connectivity index (χ3v) is 6.65. The average molecular weight is 521 g/mol. The summed E-state index contributed by atoms with van der Waals surface area (Å²) in [6.45, 7) is 1.32. The second-order valence-electron chi connectivity index (χ2n) is 9.04. The normalized spacial score (nSPS) is 15.1. The fourth-order valence-electron chi connectivity index (χ4n) is 4.74. The molecule has 38 heavy (non-hydrogen) atoms. The van der Waals surface area contributed by atoms with Crippen molar-refractivity contribution in [2.75, 3.05) is 26.9 Å². The van der Waals surface area contributed by atoms with E-state index in [1.807, 2.05) is 5.01 Å². The van der Waals surface area contributed by atoms with Crippen LogP contribution in [-0.2, 0) is 11.3 Å². The number of hydrogen-bond donors (Lipinski definition) is 2. The van der Waals surface area contributed by atoms with Crippen LogP contribution in [-0.4, -0.2) is 68.7 Å². The highest BCUT2D eigenvalue weighted by molar-refractivity contribution is 5.97. The number of aliphatic hydroxyl groups excluding tert-OH is 1. The number of hydrazine groups is 1. The molecular weight excluding hydrogens is 491 g/mol. The van der Waals surface area contributed by atoms with Crippen molar-refractivity contribution in [2.45, 2.75) is 31.5 Å². The van der Waals surface area contributed by atoms with E-state index in [4.69, 9.17) is 9.47 Å². The highest BCUT2D eigenvalue weighted by Crippen LogP contribution is 2.34. The SMILES string of the molecule is COc1ccc(C(c2cnn(CCO)c2)N(NC(=O)c2ccc3cncnc3c2)C2CCOCC2)cc1F. The first-order valence-corrected chi connectivity index (χ1v) is 12.4.